The van der Waals surface area contributed by atoms with Gasteiger partial charge in [-0.3, -0.25) is 9.59 Å². The number of aliphatic carboxylic acids is 1. The Morgan fingerprint density at radius 3 is 2.46 bits per heavy atom. The zero-order chi connectivity index (χ0) is 17.1. The second-order valence-electron chi connectivity index (χ2n) is 5.49. The highest BCUT2D eigenvalue weighted by molar-refractivity contribution is 5.95. The number of carbonyl (C=O) groups excluding carboxylic acids is 1. The molecule has 1 aliphatic rings. The van der Waals surface area contributed by atoms with Crippen molar-refractivity contribution in [2.45, 2.75) is 12.1 Å². The molecule has 7 nitrogen and oxygen atoms in total. The summed E-state index contributed by atoms with van der Waals surface area (Å²) >= 11 is 0. The molecule has 2 aromatic carbocycles. The van der Waals surface area contributed by atoms with Gasteiger partial charge in [0, 0.05) is 12.6 Å². The largest absolute Gasteiger partial charge is 0.480 e. The zero-order valence-electron chi connectivity index (χ0n) is 13.0. The molecule has 1 fully saturated rings. The Bertz CT molecular complexity index is 761. The standard InChI is InChI=1S/C17H18N4O3/c1-18-16(22)13-4-2-3-12(9-13)10-5-7-11(8-6-10)14-15(17(23)24)20-21-19-14/h2-9,14-15,19-21H,1H3,(H,18,22)(H,23,24). The van der Waals surface area contributed by atoms with Crippen LogP contribution in [0.5, 0.6) is 0 Å². The minimum Gasteiger partial charge on any atom is -0.480 e. The number of carbonyl (C=O) groups is 2. The zero-order valence-corrected chi connectivity index (χ0v) is 13.0. The Morgan fingerprint density at radius 2 is 1.79 bits per heavy atom. The lowest BCUT2D eigenvalue weighted by Gasteiger charge is -2.15. The van der Waals surface area contributed by atoms with E-state index >= 15 is 0 Å². The Labute approximate surface area is 139 Å². The topological polar surface area (TPSA) is 102 Å². The maximum atomic E-state index is 11.7. The highest BCUT2D eigenvalue weighted by Crippen LogP contribution is 2.25. The summed E-state index contributed by atoms with van der Waals surface area (Å²) in [6.07, 6.45) is 0. The second-order valence-corrected chi connectivity index (χ2v) is 5.49. The van der Waals surface area contributed by atoms with Gasteiger partial charge in [-0.15, -0.1) is 0 Å². The average Bonchev–Trinajstić information content (AvgIpc) is 3.11. The third-order valence-electron chi connectivity index (χ3n) is 4.01. The summed E-state index contributed by atoms with van der Waals surface area (Å²) in [5.74, 6) is -1.06. The summed E-state index contributed by atoms with van der Waals surface area (Å²) in [7, 11) is 1.60. The van der Waals surface area contributed by atoms with Gasteiger partial charge in [-0.1, -0.05) is 36.4 Å². The molecule has 0 saturated carbocycles. The van der Waals surface area contributed by atoms with Gasteiger partial charge < -0.3 is 10.4 Å². The van der Waals surface area contributed by atoms with Crippen LogP contribution in [0.4, 0.5) is 0 Å². The van der Waals surface area contributed by atoms with Gasteiger partial charge in [0.25, 0.3) is 5.91 Å². The minimum absolute atomic E-state index is 0.134. The lowest BCUT2D eigenvalue weighted by Crippen LogP contribution is -2.38. The Kier molecular flexibility index (Phi) is 4.57. The first kappa shape index (κ1) is 16.1. The number of carboxylic acid groups (broad SMARTS) is 1. The number of carboxylic acids is 1. The molecule has 0 radical (unpaired) electrons. The van der Waals surface area contributed by atoms with Gasteiger partial charge in [-0.2, -0.15) is 5.53 Å². The second kappa shape index (κ2) is 6.79. The number of hydrogen-bond donors (Lipinski definition) is 5. The number of rotatable bonds is 4. The number of hydrogen-bond acceptors (Lipinski definition) is 5. The van der Waals surface area contributed by atoms with Crippen molar-refractivity contribution in [2.75, 3.05) is 7.05 Å². The number of nitrogens with one attached hydrogen (secondary N) is 4. The first-order valence-corrected chi connectivity index (χ1v) is 7.51. The van der Waals surface area contributed by atoms with E-state index in [0.29, 0.717) is 5.56 Å². The van der Waals surface area contributed by atoms with Gasteiger partial charge >= 0.3 is 5.97 Å². The molecule has 7 heteroatoms. The van der Waals surface area contributed by atoms with Crippen LogP contribution in [0.1, 0.15) is 22.0 Å². The van der Waals surface area contributed by atoms with Gasteiger partial charge in [-0.05, 0) is 28.8 Å². The summed E-state index contributed by atoms with van der Waals surface area (Å²) < 4.78 is 0. The third-order valence-corrected chi connectivity index (χ3v) is 4.01. The Hall–Kier alpha value is -2.74. The molecule has 124 valence electrons. The van der Waals surface area contributed by atoms with Gasteiger partial charge in [0.2, 0.25) is 0 Å². The lowest BCUT2D eigenvalue weighted by atomic mass is 9.97. The molecule has 0 aliphatic carbocycles. The van der Waals surface area contributed by atoms with Crippen LogP contribution in [0, 0.1) is 0 Å². The van der Waals surface area contributed by atoms with Crippen LogP contribution in [0.3, 0.4) is 0 Å². The lowest BCUT2D eigenvalue weighted by molar-refractivity contribution is -0.139. The number of amides is 1. The van der Waals surface area contributed by atoms with Crippen molar-refractivity contribution in [3.05, 3.63) is 59.7 Å². The molecule has 5 N–H and O–H groups in total. The SMILES string of the molecule is CNC(=O)c1cccc(-c2ccc(C3NNNC3C(=O)O)cc2)c1. The van der Waals surface area contributed by atoms with E-state index < -0.39 is 12.0 Å². The van der Waals surface area contributed by atoms with Crippen molar-refractivity contribution in [1.29, 1.82) is 0 Å². The molecule has 0 bridgehead atoms. The third kappa shape index (κ3) is 3.13. The van der Waals surface area contributed by atoms with Crippen molar-refractivity contribution < 1.29 is 14.7 Å². The van der Waals surface area contributed by atoms with Crippen LogP contribution in [0.15, 0.2) is 48.5 Å². The fourth-order valence-electron chi connectivity index (χ4n) is 2.71. The van der Waals surface area contributed by atoms with E-state index in [1.165, 1.54) is 0 Å². The summed E-state index contributed by atoms with van der Waals surface area (Å²) in [6.45, 7) is 0. The van der Waals surface area contributed by atoms with Crippen molar-refractivity contribution in [1.82, 2.24) is 21.7 Å². The van der Waals surface area contributed by atoms with Crippen LogP contribution >= 0.6 is 0 Å². The summed E-state index contributed by atoms with van der Waals surface area (Å²) in [6, 6.07) is 13.8. The molecule has 24 heavy (non-hydrogen) atoms. The predicted octanol–water partition coefficient (Wildman–Crippen LogP) is 0.820. The van der Waals surface area contributed by atoms with Crippen molar-refractivity contribution in [2.24, 2.45) is 0 Å². The van der Waals surface area contributed by atoms with E-state index in [0.717, 1.165) is 16.7 Å². The van der Waals surface area contributed by atoms with Crippen LogP contribution in [-0.4, -0.2) is 30.1 Å². The first-order valence-electron chi connectivity index (χ1n) is 7.51. The van der Waals surface area contributed by atoms with E-state index in [4.69, 9.17) is 0 Å². The molecule has 0 spiro atoms. The van der Waals surface area contributed by atoms with Crippen molar-refractivity contribution >= 4 is 11.9 Å². The molecule has 3 rings (SSSR count). The normalized spacial score (nSPS) is 19.9. The van der Waals surface area contributed by atoms with Gasteiger partial charge in [0.1, 0.15) is 6.04 Å². The van der Waals surface area contributed by atoms with Gasteiger partial charge in [0.05, 0.1) is 6.04 Å². The molecular weight excluding hydrogens is 308 g/mol. The molecular formula is C17H18N4O3. The smallest absolute Gasteiger partial charge is 0.324 e. The molecule has 2 atom stereocenters. The number of benzene rings is 2. The van der Waals surface area contributed by atoms with E-state index in [9.17, 15) is 14.7 Å². The fourth-order valence-corrected chi connectivity index (χ4v) is 2.71. The van der Waals surface area contributed by atoms with Crippen molar-refractivity contribution in [3.63, 3.8) is 0 Å². The summed E-state index contributed by atoms with van der Waals surface area (Å²) in [4.78, 5) is 23.0. The maximum absolute atomic E-state index is 11.7. The minimum atomic E-state index is -0.931. The summed E-state index contributed by atoms with van der Waals surface area (Å²) in [5.41, 5.74) is 11.5. The number of hydrazine groups is 2. The quantitative estimate of drug-likeness (QED) is 0.570. The van der Waals surface area contributed by atoms with Crippen LogP contribution in [-0.2, 0) is 4.79 Å². The van der Waals surface area contributed by atoms with Crippen LogP contribution in [0.2, 0.25) is 0 Å². The Morgan fingerprint density at radius 1 is 1.04 bits per heavy atom. The highest BCUT2D eigenvalue weighted by atomic mass is 16.4. The predicted molar refractivity (Wildman–Crippen MR) is 88.8 cm³/mol. The molecule has 1 saturated heterocycles. The molecule has 0 aromatic heterocycles. The molecule has 1 aliphatic heterocycles. The van der Waals surface area contributed by atoms with E-state index in [1.54, 1.807) is 13.1 Å². The van der Waals surface area contributed by atoms with Gasteiger partial charge in [-0.25, -0.2) is 10.9 Å². The molecule has 1 heterocycles. The maximum Gasteiger partial charge on any atom is 0.324 e. The Balaban J connectivity index is 1.85. The fraction of sp³-hybridized carbons (Fsp3) is 0.176. The molecule has 2 unspecified atom stereocenters. The molecule has 1 amide bonds. The van der Waals surface area contributed by atoms with E-state index in [-0.39, 0.29) is 11.9 Å². The van der Waals surface area contributed by atoms with Gasteiger partial charge in [0.15, 0.2) is 0 Å². The van der Waals surface area contributed by atoms with E-state index in [2.05, 4.69) is 21.7 Å². The highest BCUT2D eigenvalue weighted by Gasteiger charge is 2.33. The monoisotopic (exact) mass is 326 g/mol. The first-order chi connectivity index (χ1) is 11.6. The van der Waals surface area contributed by atoms with Crippen LogP contribution < -0.4 is 21.7 Å². The van der Waals surface area contributed by atoms with Crippen LogP contribution in [0.25, 0.3) is 11.1 Å². The molecule has 2 aromatic rings. The average molecular weight is 326 g/mol. The van der Waals surface area contributed by atoms with Crippen molar-refractivity contribution in [3.8, 4) is 11.1 Å². The summed E-state index contributed by atoms with van der Waals surface area (Å²) in [5, 5.41) is 11.8. The van der Waals surface area contributed by atoms with E-state index in [1.807, 2.05) is 42.5 Å².